The number of benzene rings is 2. The van der Waals surface area contributed by atoms with Gasteiger partial charge in [-0.15, -0.1) is 0 Å². The van der Waals surface area contributed by atoms with Crippen molar-refractivity contribution in [2.24, 2.45) is 0 Å². The van der Waals surface area contributed by atoms with Gasteiger partial charge in [0.2, 0.25) is 5.91 Å². The second kappa shape index (κ2) is 9.02. The number of carbonyl (C=O) groups is 2. The van der Waals surface area contributed by atoms with E-state index in [1.54, 1.807) is 18.2 Å². The summed E-state index contributed by atoms with van der Waals surface area (Å²) in [4.78, 5) is 31.4. The van der Waals surface area contributed by atoms with E-state index in [9.17, 15) is 9.59 Å². The van der Waals surface area contributed by atoms with Gasteiger partial charge < -0.3 is 9.88 Å². The van der Waals surface area contributed by atoms with Gasteiger partial charge in [0, 0.05) is 29.8 Å². The summed E-state index contributed by atoms with van der Waals surface area (Å²) in [6.45, 7) is 7.97. The molecule has 0 radical (unpaired) electrons. The van der Waals surface area contributed by atoms with Crippen molar-refractivity contribution < 1.29 is 9.59 Å². The van der Waals surface area contributed by atoms with Gasteiger partial charge in [-0.25, -0.2) is 4.98 Å². The molecular weight excluding hydrogens is 388 g/mol. The van der Waals surface area contributed by atoms with E-state index in [-0.39, 0.29) is 11.7 Å². The van der Waals surface area contributed by atoms with Gasteiger partial charge >= 0.3 is 0 Å². The molecule has 0 aliphatic carbocycles. The molecule has 4 rings (SSSR count). The van der Waals surface area contributed by atoms with Crippen LogP contribution in [0.25, 0.3) is 11.0 Å². The molecule has 31 heavy (non-hydrogen) atoms. The van der Waals surface area contributed by atoms with E-state index in [0.717, 1.165) is 37.3 Å². The third-order valence-corrected chi connectivity index (χ3v) is 5.93. The Kier molecular flexibility index (Phi) is 6.18. The van der Waals surface area contributed by atoms with Crippen molar-refractivity contribution in [2.45, 2.75) is 45.6 Å². The number of likely N-dealkylation sites (tertiary alicyclic amines) is 1. The van der Waals surface area contributed by atoms with Gasteiger partial charge in [-0.2, -0.15) is 0 Å². The normalized spacial score (nSPS) is 17.2. The second-order valence-corrected chi connectivity index (χ2v) is 8.68. The van der Waals surface area contributed by atoms with Gasteiger partial charge in [0.25, 0.3) is 0 Å². The molecule has 3 aromatic rings. The van der Waals surface area contributed by atoms with Crippen molar-refractivity contribution in [1.82, 2.24) is 14.5 Å². The van der Waals surface area contributed by atoms with Crippen molar-refractivity contribution in [3.8, 4) is 0 Å². The summed E-state index contributed by atoms with van der Waals surface area (Å²) in [6, 6.07) is 15.7. The molecule has 6 heteroatoms. The number of amides is 1. The Hall–Kier alpha value is -2.99. The molecule has 2 aromatic carbocycles. The Morgan fingerprint density at radius 1 is 1.16 bits per heavy atom. The molecule has 6 nitrogen and oxygen atoms in total. The molecule has 2 heterocycles. The number of rotatable bonds is 6. The highest BCUT2D eigenvalue weighted by Gasteiger charge is 2.28. The SMILES string of the molecule is CC(=O)c1cccc(NC(=O)CN2CCCC(c3nc4ccccc4n3C(C)C)C2)c1. The summed E-state index contributed by atoms with van der Waals surface area (Å²) in [5, 5.41) is 2.94. The zero-order valence-electron chi connectivity index (χ0n) is 18.5. The quantitative estimate of drug-likeness (QED) is 0.592. The number of Topliss-reactive ketones (excluding diaryl/α,β-unsaturated/α-hetero) is 1. The van der Waals surface area contributed by atoms with Crippen molar-refractivity contribution >= 4 is 28.4 Å². The summed E-state index contributed by atoms with van der Waals surface area (Å²) in [6.07, 6.45) is 2.12. The average molecular weight is 419 g/mol. The lowest BCUT2D eigenvalue weighted by Crippen LogP contribution is -2.40. The minimum atomic E-state index is -0.0567. The van der Waals surface area contributed by atoms with E-state index in [1.807, 2.05) is 12.1 Å². The maximum atomic E-state index is 12.7. The molecule has 0 saturated carbocycles. The van der Waals surface area contributed by atoms with Crippen molar-refractivity contribution in [2.75, 3.05) is 25.0 Å². The van der Waals surface area contributed by atoms with Crippen LogP contribution in [0.3, 0.4) is 0 Å². The summed E-state index contributed by atoms with van der Waals surface area (Å²) in [5.74, 6) is 1.36. The van der Waals surface area contributed by atoms with Gasteiger partial charge in [0.05, 0.1) is 17.6 Å². The first-order valence-corrected chi connectivity index (χ1v) is 11.0. The topological polar surface area (TPSA) is 67.2 Å². The predicted molar refractivity (Wildman–Crippen MR) is 124 cm³/mol. The zero-order chi connectivity index (χ0) is 22.0. The number of imidazole rings is 1. The van der Waals surface area contributed by atoms with E-state index >= 15 is 0 Å². The van der Waals surface area contributed by atoms with Gasteiger partial charge in [0.1, 0.15) is 5.82 Å². The Labute approximate surface area is 183 Å². The van der Waals surface area contributed by atoms with Gasteiger partial charge in [-0.1, -0.05) is 24.3 Å². The number of anilines is 1. The fraction of sp³-hybridized carbons (Fsp3) is 0.400. The zero-order valence-corrected chi connectivity index (χ0v) is 18.5. The van der Waals surface area contributed by atoms with Gasteiger partial charge in [0.15, 0.2) is 5.78 Å². The predicted octanol–water partition coefficient (Wildman–Crippen LogP) is 4.64. The lowest BCUT2D eigenvalue weighted by atomic mass is 9.96. The van der Waals surface area contributed by atoms with Crippen molar-refractivity contribution in [3.05, 3.63) is 59.9 Å². The number of nitrogens with one attached hydrogen (secondary N) is 1. The third-order valence-electron chi connectivity index (χ3n) is 5.93. The Morgan fingerprint density at radius 3 is 2.74 bits per heavy atom. The minimum Gasteiger partial charge on any atom is -0.325 e. The van der Waals surface area contributed by atoms with Crippen LogP contribution in [0.1, 0.15) is 61.8 Å². The number of hydrogen-bond acceptors (Lipinski definition) is 4. The van der Waals surface area contributed by atoms with Crippen molar-refractivity contribution in [3.63, 3.8) is 0 Å². The fourth-order valence-electron chi connectivity index (χ4n) is 4.52. The molecule has 1 aliphatic rings. The molecule has 1 aliphatic heterocycles. The molecule has 0 spiro atoms. The maximum absolute atomic E-state index is 12.7. The molecule has 1 saturated heterocycles. The van der Waals surface area contributed by atoms with Crippen LogP contribution in [0.4, 0.5) is 5.69 Å². The van der Waals surface area contributed by atoms with E-state index < -0.39 is 0 Å². The van der Waals surface area contributed by atoms with Crippen LogP contribution in [0.2, 0.25) is 0 Å². The number of fused-ring (bicyclic) bond motifs is 1. The highest BCUT2D eigenvalue weighted by molar-refractivity contribution is 5.97. The van der Waals surface area contributed by atoms with E-state index in [1.165, 1.54) is 12.4 Å². The van der Waals surface area contributed by atoms with Crippen LogP contribution in [0.15, 0.2) is 48.5 Å². The molecule has 1 atom stereocenters. The number of para-hydroxylation sites is 2. The van der Waals surface area contributed by atoms with Crippen LogP contribution in [-0.4, -0.2) is 45.8 Å². The molecule has 1 unspecified atom stereocenters. The smallest absolute Gasteiger partial charge is 0.238 e. The second-order valence-electron chi connectivity index (χ2n) is 8.68. The number of aromatic nitrogens is 2. The lowest BCUT2D eigenvalue weighted by molar-refractivity contribution is -0.117. The number of nitrogens with zero attached hydrogens (tertiary/aromatic N) is 3. The standard InChI is InChI=1S/C25H30N4O2/c1-17(2)29-23-12-5-4-11-22(23)27-25(29)20-9-7-13-28(15-20)16-24(31)26-21-10-6-8-19(14-21)18(3)30/h4-6,8,10-12,14,17,20H,7,9,13,15-16H2,1-3H3,(H,26,31). The van der Waals surface area contributed by atoms with Crippen LogP contribution < -0.4 is 5.32 Å². The molecule has 1 fully saturated rings. The fourth-order valence-corrected chi connectivity index (χ4v) is 4.52. The largest absolute Gasteiger partial charge is 0.325 e. The van der Waals surface area contributed by atoms with Crippen LogP contribution in [-0.2, 0) is 4.79 Å². The molecule has 1 aromatic heterocycles. The summed E-state index contributed by atoms with van der Waals surface area (Å²) < 4.78 is 2.34. The van der Waals surface area contributed by atoms with Gasteiger partial charge in [-0.05, 0) is 64.4 Å². The molecule has 1 amide bonds. The molecule has 1 N–H and O–H groups in total. The van der Waals surface area contributed by atoms with Crippen LogP contribution in [0.5, 0.6) is 0 Å². The first-order chi connectivity index (χ1) is 14.9. The number of hydrogen-bond donors (Lipinski definition) is 1. The first-order valence-electron chi connectivity index (χ1n) is 11.0. The highest BCUT2D eigenvalue weighted by Crippen LogP contribution is 2.31. The summed E-state index contributed by atoms with van der Waals surface area (Å²) in [5.41, 5.74) is 3.47. The minimum absolute atomic E-state index is 0.0111. The number of piperidine rings is 1. The Morgan fingerprint density at radius 2 is 1.97 bits per heavy atom. The Bertz CT molecular complexity index is 1100. The summed E-state index contributed by atoms with van der Waals surface area (Å²) in [7, 11) is 0. The lowest BCUT2D eigenvalue weighted by Gasteiger charge is -2.32. The van der Waals surface area contributed by atoms with Crippen molar-refractivity contribution in [1.29, 1.82) is 0 Å². The molecular formula is C25H30N4O2. The first kappa shape index (κ1) is 21.2. The van der Waals surface area contributed by atoms with Crippen LogP contribution >= 0.6 is 0 Å². The van der Waals surface area contributed by atoms with Gasteiger partial charge in [-0.3, -0.25) is 14.5 Å². The van der Waals surface area contributed by atoms with E-state index in [2.05, 4.69) is 46.8 Å². The number of carbonyl (C=O) groups excluding carboxylic acids is 2. The van der Waals surface area contributed by atoms with Crippen LogP contribution in [0, 0.1) is 0 Å². The van der Waals surface area contributed by atoms with E-state index in [4.69, 9.17) is 4.98 Å². The molecule has 0 bridgehead atoms. The maximum Gasteiger partial charge on any atom is 0.238 e. The summed E-state index contributed by atoms with van der Waals surface area (Å²) >= 11 is 0. The number of ketones is 1. The highest BCUT2D eigenvalue weighted by atomic mass is 16.2. The average Bonchev–Trinajstić information content (AvgIpc) is 3.14. The Balaban J connectivity index is 1.46. The molecule has 162 valence electrons. The monoisotopic (exact) mass is 418 g/mol. The third kappa shape index (κ3) is 4.69. The van der Waals surface area contributed by atoms with E-state index in [0.29, 0.717) is 29.8 Å².